The van der Waals surface area contributed by atoms with E-state index < -0.39 is 5.97 Å². The molecule has 5 nitrogen and oxygen atoms in total. The molecule has 2 rings (SSSR count). The van der Waals surface area contributed by atoms with E-state index in [1.807, 2.05) is 31.2 Å². The normalized spacial score (nSPS) is 10.2. The van der Waals surface area contributed by atoms with E-state index in [2.05, 4.69) is 5.32 Å². The highest BCUT2D eigenvalue weighted by Gasteiger charge is 2.12. The van der Waals surface area contributed by atoms with Gasteiger partial charge in [-0.25, -0.2) is 4.79 Å². The van der Waals surface area contributed by atoms with E-state index in [9.17, 15) is 9.59 Å². The molecule has 0 bridgehead atoms. The minimum absolute atomic E-state index is 0.0418. The zero-order valence-electron chi connectivity index (χ0n) is 13.6. The van der Waals surface area contributed by atoms with Crippen LogP contribution in [0.2, 0.25) is 0 Å². The summed E-state index contributed by atoms with van der Waals surface area (Å²) in [5, 5.41) is 11.9. The molecule has 2 aromatic rings. The summed E-state index contributed by atoms with van der Waals surface area (Å²) >= 11 is 0. The molecule has 0 aliphatic heterocycles. The van der Waals surface area contributed by atoms with Crippen molar-refractivity contribution in [3.63, 3.8) is 0 Å². The Morgan fingerprint density at radius 1 is 1.08 bits per heavy atom. The summed E-state index contributed by atoms with van der Waals surface area (Å²) in [6.07, 6.45) is 0.996. The van der Waals surface area contributed by atoms with Crippen molar-refractivity contribution in [3.8, 4) is 5.75 Å². The van der Waals surface area contributed by atoms with E-state index in [1.54, 1.807) is 18.2 Å². The van der Waals surface area contributed by atoms with Gasteiger partial charge in [0, 0.05) is 6.54 Å². The number of aromatic carboxylic acids is 1. The number of amides is 1. The fraction of sp³-hybridized carbons (Fsp3) is 0.263. The number of ether oxygens (including phenoxy) is 1. The topological polar surface area (TPSA) is 75.6 Å². The average Bonchev–Trinajstić information content (AvgIpc) is 2.59. The molecule has 0 aromatic heterocycles. The van der Waals surface area contributed by atoms with Crippen LogP contribution in [0.25, 0.3) is 0 Å². The van der Waals surface area contributed by atoms with Gasteiger partial charge in [0.05, 0.1) is 18.6 Å². The van der Waals surface area contributed by atoms with Crippen molar-refractivity contribution in [2.75, 3.05) is 6.61 Å². The number of nitrogens with one attached hydrogen (secondary N) is 1. The minimum atomic E-state index is -1.03. The van der Waals surface area contributed by atoms with Crippen LogP contribution in [0.15, 0.2) is 48.5 Å². The number of hydrogen-bond acceptors (Lipinski definition) is 3. The van der Waals surface area contributed by atoms with Crippen LogP contribution >= 0.6 is 0 Å². The number of benzene rings is 2. The fourth-order valence-electron chi connectivity index (χ4n) is 2.24. The maximum atomic E-state index is 12.0. The highest BCUT2D eigenvalue weighted by atomic mass is 16.5. The lowest BCUT2D eigenvalue weighted by Crippen LogP contribution is -2.25. The molecule has 2 N–H and O–H groups in total. The van der Waals surface area contributed by atoms with E-state index in [1.165, 1.54) is 6.07 Å². The molecule has 0 radical (unpaired) electrons. The SMILES string of the molecule is CCCOc1ccc(CNC(=O)Cc2ccccc2C(=O)O)cc1. The van der Waals surface area contributed by atoms with E-state index in [4.69, 9.17) is 9.84 Å². The largest absolute Gasteiger partial charge is 0.494 e. The molecular formula is C19H21NO4. The van der Waals surface area contributed by atoms with E-state index in [-0.39, 0.29) is 17.9 Å². The predicted molar refractivity (Wildman–Crippen MR) is 91.2 cm³/mol. The standard InChI is InChI=1S/C19H21NO4/c1-2-11-24-16-9-7-14(8-10-16)13-20-18(21)12-15-5-3-4-6-17(15)19(22)23/h3-10H,2,11-13H2,1H3,(H,20,21)(H,22,23). The van der Waals surface area contributed by atoms with Crippen molar-refractivity contribution >= 4 is 11.9 Å². The molecule has 2 aromatic carbocycles. The molecule has 0 aliphatic rings. The maximum Gasteiger partial charge on any atom is 0.335 e. The molecule has 0 fully saturated rings. The highest BCUT2D eigenvalue weighted by molar-refractivity contribution is 5.91. The Balaban J connectivity index is 1.88. The molecule has 0 spiro atoms. The van der Waals surface area contributed by atoms with E-state index >= 15 is 0 Å². The quantitative estimate of drug-likeness (QED) is 0.781. The minimum Gasteiger partial charge on any atom is -0.494 e. The zero-order valence-corrected chi connectivity index (χ0v) is 13.6. The molecule has 0 atom stereocenters. The van der Waals surface area contributed by atoms with Gasteiger partial charge in [-0.15, -0.1) is 0 Å². The summed E-state index contributed by atoms with van der Waals surface area (Å²) in [6, 6.07) is 14.1. The van der Waals surface area contributed by atoms with Crippen molar-refractivity contribution < 1.29 is 19.4 Å². The van der Waals surface area contributed by atoms with E-state index in [0.717, 1.165) is 17.7 Å². The monoisotopic (exact) mass is 327 g/mol. The summed E-state index contributed by atoms with van der Waals surface area (Å²) in [5.74, 6) is -0.432. The lowest BCUT2D eigenvalue weighted by Gasteiger charge is -2.09. The van der Waals surface area contributed by atoms with Gasteiger partial charge < -0.3 is 15.2 Å². The summed E-state index contributed by atoms with van der Waals surface area (Å²) < 4.78 is 5.51. The van der Waals surface area contributed by atoms with Gasteiger partial charge in [-0.3, -0.25) is 4.79 Å². The molecular weight excluding hydrogens is 306 g/mol. The number of hydrogen-bond donors (Lipinski definition) is 2. The van der Waals surface area contributed by atoms with Gasteiger partial charge in [0.25, 0.3) is 0 Å². The van der Waals surface area contributed by atoms with Gasteiger partial charge in [-0.2, -0.15) is 0 Å². The Kier molecular flexibility index (Phi) is 6.37. The number of carboxylic acids is 1. The first-order chi connectivity index (χ1) is 11.6. The smallest absolute Gasteiger partial charge is 0.335 e. The van der Waals surface area contributed by atoms with Crippen LogP contribution in [-0.2, 0) is 17.8 Å². The number of rotatable bonds is 8. The predicted octanol–water partition coefficient (Wildman–Crippen LogP) is 3.03. The first-order valence-electron chi connectivity index (χ1n) is 7.89. The second kappa shape index (κ2) is 8.72. The molecule has 0 heterocycles. The van der Waals surface area contributed by atoms with Gasteiger partial charge in [-0.1, -0.05) is 37.3 Å². The van der Waals surface area contributed by atoms with Crippen molar-refractivity contribution in [1.29, 1.82) is 0 Å². The molecule has 0 unspecified atom stereocenters. The highest BCUT2D eigenvalue weighted by Crippen LogP contribution is 2.13. The summed E-state index contributed by atoms with van der Waals surface area (Å²) in [6.45, 7) is 3.12. The van der Waals surface area contributed by atoms with E-state index in [0.29, 0.717) is 18.7 Å². The van der Waals surface area contributed by atoms with Gasteiger partial charge in [0.15, 0.2) is 0 Å². The second-order valence-electron chi connectivity index (χ2n) is 5.41. The Morgan fingerprint density at radius 3 is 2.46 bits per heavy atom. The van der Waals surface area contributed by atoms with Crippen LogP contribution in [0.3, 0.4) is 0 Å². The number of carbonyl (C=O) groups is 2. The van der Waals surface area contributed by atoms with Gasteiger partial charge in [0.2, 0.25) is 5.91 Å². The molecule has 0 saturated heterocycles. The average molecular weight is 327 g/mol. The van der Waals surface area contributed by atoms with Crippen molar-refractivity contribution in [1.82, 2.24) is 5.32 Å². The summed E-state index contributed by atoms with van der Waals surface area (Å²) in [4.78, 5) is 23.2. The fourth-order valence-corrected chi connectivity index (χ4v) is 2.24. The van der Waals surface area contributed by atoms with Crippen molar-refractivity contribution in [2.45, 2.75) is 26.3 Å². The number of carbonyl (C=O) groups excluding carboxylic acids is 1. The third-order valence-corrected chi connectivity index (χ3v) is 3.48. The summed E-state index contributed by atoms with van der Waals surface area (Å²) in [5.41, 5.74) is 1.62. The maximum absolute atomic E-state index is 12.0. The first-order valence-corrected chi connectivity index (χ1v) is 7.89. The Morgan fingerprint density at radius 2 is 1.79 bits per heavy atom. The lowest BCUT2D eigenvalue weighted by atomic mass is 10.0. The molecule has 24 heavy (non-hydrogen) atoms. The van der Waals surface area contributed by atoms with Gasteiger partial charge in [0.1, 0.15) is 5.75 Å². The van der Waals surface area contributed by atoms with Crippen molar-refractivity contribution in [2.24, 2.45) is 0 Å². The van der Waals surface area contributed by atoms with Crippen LogP contribution < -0.4 is 10.1 Å². The second-order valence-corrected chi connectivity index (χ2v) is 5.41. The zero-order chi connectivity index (χ0) is 17.4. The Hall–Kier alpha value is -2.82. The molecule has 1 amide bonds. The molecule has 0 saturated carbocycles. The Bertz CT molecular complexity index is 695. The molecule has 126 valence electrons. The van der Waals surface area contributed by atoms with Crippen LogP contribution in [0.5, 0.6) is 5.75 Å². The lowest BCUT2D eigenvalue weighted by molar-refractivity contribution is -0.120. The van der Waals surface area contributed by atoms with Gasteiger partial charge >= 0.3 is 5.97 Å². The third kappa shape index (κ3) is 5.12. The first kappa shape index (κ1) is 17.5. The van der Waals surface area contributed by atoms with Crippen LogP contribution in [0, 0.1) is 0 Å². The Labute approximate surface area is 141 Å². The van der Waals surface area contributed by atoms with Crippen LogP contribution in [0.1, 0.15) is 34.8 Å². The van der Waals surface area contributed by atoms with Crippen LogP contribution in [-0.4, -0.2) is 23.6 Å². The van der Waals surface area contributed by atoms with Gasteiger partial charge in [-0.05, 0) is 35.7 Å². The van der Waals surface area contributed by atoms with Crippen LogP contribution in [0.4, 0.5) is 0 Å². The molecule has 0 aliphatic carbocycles. The summed E-state index contributed by atoms with van der Waals surface area (Å²) in [7, 11) is 0. The number of carboxylic acid groups (broad SMARTS) is 1. The van der Waals surface area contributed by atoms with Crippen molar-refractivity contribution in [3.05, 3.63) is 65.2 Å². The third-order valence-electron chi connectivity index (χ3n) is 3.48. The molecule has 5 heteroatoms.